The Morgan fingerprint density at radius 2 is 1.67 bits per heavy atom. The van der Waals surface area contributed by atoms with Gasteiger partial charge >= 0.3 is 0 Å². The normalized spacial score (nSPS) is 44.7. The zero-order chi connectivity index (χ0) is 14.9. The molecular weight excluding hydrogens is 258 g/mol. The molecule has 0 spiro atoms. The molecular formula is C19H35NO. The van der Waals surface area contributed by atoms with Gasteiger partial charge in [-0.25, -0.2) is 0 Å². The monoisotopic (exact) mass is 293 g/mol. The molecule has 1 N–H and O–H groups in total. The maximum absolute atomic E-state index is 6.85. The summed E-state index contributed by atoms with van der Waals surface area (Å²) in [7, 11) is 0. The maximum Gasteiger partial charge on any atom is 0.0812 e. The molecule has 0 aromatic rings. The Hall–Kier alpha value is -0.0800. The van der Waals surface area contributed by atoms with E-state index in [9.17, 15) is 0 Å². The van der Waals surface area contributed by atoms with E-state index in [0.29, 0.717) is 6.10 Å². The molecule has 4 atom stereocenters. The van der Waals surface area contributed by atoms with Crippen molar-refractivity contribution in [3.63, 3.8) is 0 Å². The first-order valence-corrected chi connectivity index (χ1v) is 9.46. The van der Waals surface area contributed by atoms with E-state index >= 15 is 0 Å². The molecule has 0 radical (unpaired) electrons. The Morgan fingerprint density at radius 1 is 0.952 bits per heavy atom. The molecule has 0 heterocycles. The zero-order valence-corrected chi connectivity index (χ0v) is 14.4. The highest BCUT2D eigenvalue weighted by molar-refractivity contribution is 4.94. The van der Waals surface area contributed by atoms with Crippen LogP contribution in [0.2, 0.25) is 0 Å². The van der Waals surface area contributed by atoms with Gasteiger partial charge in [-0.05, 0) is 62.7 Å². The van der Waals surface area contributed by atoms with E-state index in [2.05, 4.69) is 26.1 Å². The van der Waals surface area contributed by atoms with E-state index in [4.69, 9.17) is 4.74 Å². The lowest BCUT2D eigenvalue weighted by molar-refractivity contribution is -0.139. The Labute approximate surface area is 131 Å². The van der Waals surface area contributed by atoms with Crippen molar-refractivity contribution < 1.29 is 4.74 Å². The third-order valence-electron chi connectivity index (χ3n) is 5.89. The molecule has 2 nitrogen and oxygen atoms in total. The van der Waals surface area contributed by atoms with E-state index in [1.54, 1.807) is 0 Å². The van der Waals surface area contributed by atoms with Gasteiger partial charge in [0.2, 0.25) is 0 Å². The van der Waals surface area contributed by atoms with Gasteiger partial charge < -0.3 is 10.1 Å². The Bertz CT molecular complexity index is 330. The van der Waals surface area contributed by atoms with E-state index in [1.165, 1.54) is 57.8 Å². The van der Waals surface area contributed by atoms with Gasteiger partial charge in [-0.3, -0.25) is 0 Å². The summed E-state index contributed by atoms with van der Waals surface area (Å²) in [6, 6.07) is 0.798. The van der Waals surface area contributed by atoms with Crippen LogP contribution in [0.15, 0.2) is 0 Å². The summed E-state index contributed by atoms with van der Waals surface area (Å²) < 4.78 is 6.85. The molecule has 3 rings (SSSR count). The lowest BCUT2D eigenvalue weighted by atomic mass is 9.77. The van der Waals surface area contributed by atoms with E-state index in [0.717, 1.165) is 30.3 Å². The summed E-state index contributed by atoms with van der Waals surface area (Å²) in [6.07, 6.45) is 12.5. The number of hydrogen-bond acceptors (Lipinski definition) is 2. The summed E-state index contributed by atoms with van der Waals surface area (Å²) >= 11 is 0. The van der Waals surface area contributed by atoms with Crippen LogP contribution in [0.3, 0.4) is 0 Å². The van der Waals surface area contributed by atoms with E-state index in [1.807, 2.05) is 0 Å². The van der Waals surface area contributed by atoms with Crippen molar-refractivity contribution in [1.82, 2.24) is 5.32 Å². The summed E-state index contributed by atoms with van der Waals surface area (Å²) in [5.74, 6) is 2.51. The van der Waals surface area contributed by atoms with Crippen LogP contribution in [-0.2, 0) is 4.74 Å². The van der Waals surface area contributed by atoms with Gasteiger partial charge in [-0.2, -0.15) is 0 Å². The molecule has 3 aliphatic carbocycles. The second kappa shape index (κ2) is 6.58. The molecule has 4 unspecified atom stereocenters. The molecule has 2 heteroatoms. The van der Waals surface area contributed by atoms with E-state index < -0.39 is 0 Å². The first kappa shape index (κ1) is 15.8. The molecule has 3 fully saturated rings. The van der Waals surface area contributed by atoms with Gasteiger partial charge in [0.15, 0.2) is 0 Å². The lowest BCUT2D eigenvalue weighted by Gasteiger charge is -2.45. The molecule has 3 saturated carbocycles. The molecule has 0 bridgehead atoms. The zero-order valence-electron chi connectivity index (χ0n) is 14.4. The van der Waals surface area contributed by atoms with Gasteiger partial charge in [0.25, 0.3) is 0 Å². The van der Waals surface area contributed by atoms with Crippen molar-refractivity contribution in [3.8, 4) is 0 Å². The van der Waals surface area contributed by atoms with Gasteiger partial charge in [0.1, 0.15) is 0 Å². The highest BCUT2D eigenvalue weighted by atomic mass is 16.5. The van der Waals surface area contributed by atoms with Crippen molar-refractivity contribution >= 4 is 0 Å². The minimum Gasteiger partial charge on any atom is -0.370 e. The van der Waals surface area contributed by atoms with Gasteiger partial charge in [0, 0.05) is 12.6 Å². The van der Waals surface area contributed by atoms with Crippen LogP contribution in [-0.4, -0.2) is 24.3 Å². The summed E-state index contributed by atoms with van der Waals surface area (Å²) in [6.45, 7) is 8.33. The van der Waals surface area contributed by atoms with Gasteiger partial charge in [-0.1, -0.05) is 33.6 Å². The third-order valence-corrected chi connectivity index (χ3v) is 5.89. The Morgan fingerprint density at radius 3 is 2.29 bits per heavy atom. The van der Waals surface area contributed by atoms with Gasteiger partial charge in [0.05, 0.1) is 11.7 Å². The first-order valence-electron chi connectivity index (χ1n) is 9.46. The number of ether oxygens (including phenoxy) is 1. The van der Waals surface area contributed by atoms with Crippen molar-refractivity contribution in [2.24, 2.45) is 17.8 Å². The molecule has 0 aliphatic heterocycles. The standard InChI is InChI=1S/C19H35NO/c1-14-5-4-8-19(12-14,13-20-17-6-7-17)21-18-10-15(2)9-16(3)11-18/h14-18,20H,4-13H2,1-3H3. The minimum absolute atomic E-state index is 0.141. The van der Waals surface area contributed by atoms with Crippen LogP contribution in [0.5, 0.6) is 0 Å². The predicted octanol–water partition coefficient (Wildman–Crippen LogP) is 4.53. The second-order valence-corrected chi connectivity index (χ2v) is 8.70. The van der Waals surface area contributed by atoms with Crippen LogP contribution in [0.1, 0.15) is 78.6 Å². The topological polar surface area (TPSA) is 21.3 Å². The highest BCUT2D eigenvalue weighted by Gasteiger charge is 2.40. The highest BCUT2D eigenvalue weighted by Crippen LogP contribution is 2.40. The largest absolute Gasteiger partial charge is 0.370 e. The predicted molar refractivity (Wildman–Crippen MR) is 88.4 cm³/mol. The van der Waals surface area contributed by atoms with Crippen molar-refractivity contribution in [2.75, 3.05) is 6.54 Å². The van der Waals surface area contributed by atoms with Crippen LogP contribution in [0, 0.1) is 17.8 Å². The molecule has 0 aromatic heterocycles. The first-order chi connectivity index (χ1) is 10.0. The molecule has 0 saturated heterocycles. The van der Waals surface area contributed by atoms with Crippen molar-refractivity contribution in [1.29, 1.82) is 0 Å². The maximum atomic E-state index is 6.85. The van der Waals surface area contributed by atoms with E-state index in [-0.39, 0.29) is 5.60 Å². The van der Waals surface area contributed by atoms with Crippen LogP contribution >= 0.6 is 0 Å². The minimum atomic E-state index is 0.141. The van der Waals surface area contributed by atoms with Crippen LogP contribution < -0.4 is 5.32 Å². The third kappa shape index (κ3) is 4.45. The number of rotatable bonds is 5. The molecule has 21 heavy (non-hydrogen) atoms. The van der Waals surface area contributed by atoms with Gasteiger partial charge in [-0.15, -0.1) is 0 Å². The second-order valence-electron chi connectivity index (χ2n) is 8.70. The Balaban J connectivity index is 1.62. The summed E-state index contributed by atoms with van der Waals surface area (Å²) in [5.41, 5.74) is 0.141. The van der Waals surface area contributed by atoms with Crippen molar-refractivity contribution in [2.45, 2.75) is 96.3 Å². The summed E-state index contributed by atoms with van der Waals surface area (Å²) in [5, 5.41) is 3.77. The number of nitrogens with one attached hydrogen (secondary N) is 1. The number of hydrogen-bond donors (Lipinski definition) is 1. The fourth-order valence-corrected chi connectivity index (χ4v) is 4.86. The smallest absolute Gasteiger partial charge is 0.0812 e. The van der Waals surface area contributed by atoms with Crippen LogP contribution in [0.4, 0.5) is 0 Å². The Kier molecular flexibility index (Phi) is 4.95. The van der Waals surface area contributed by atoms with Crippen molar-refractivity contribution in [3.05, 3.63) is 0 Å². The average Bonchev–Trinajstić information content (AvgIpc) is 3.19. The average molecular weight is 293 g/mol. The fraction of sp³-hybridized carbons (Fsp3) is 1.00. The molecule has 3 aliphatic rings. The fourth-order valence-electron chi connectivity index (χ4n) is 4.86. The lowest BCUT2D eigenvalue weighted by Crippen LogP contribution is -2.50. The molecule has 0 aromatic carbocycles. The quantitative estimate of drug-likeness (QED) is 0.804. The molecule has 122 valence electrons. The molecule has 0 amide bonds. The SMILES string of the molecule is CC1CC(C)CC(OC2(CNC3CC3)CCCC(C)C2)C1. The summed E-state index contributed by atoms with van der Waals surface area (Å²) in [4.78, 5) is 0. The van der Waals surface area contributed by atoms with Crippen LogP contribution in [0.25, 0.3) is 0 Å².